The quantitative estimate of drug-likeness (QED) is 0.486. The number of pyridine rings is 2. The van der Waals surface area contributed by atoms with Gasteiger partial charge in [-0.15, -0.1) is 0 Å². The smallest absolute Gasteiger partial charge is 0.164 e. The summed E-state index contributed by atoms with van der Waals surface area (Å²) in [5, 5.41) is 2.23. The summed E-state index contributed by atoms with van der Waals surface area (Å²) in [5.41, 5.74) is 3.21. The van der Waals surface area contributed by atoms with Gasteiger partial charge in [0.15, 0.2) is 7.85 Å². The van der Waals surface area contributed by atoms with Gasteiger partial charge in [-0.3, -0.25) is 4.98 Å². The molecular weight excluding hydrogens is 253 g/mol. The first kappa shape index (κ1) is 8.91. The Bertz CT molecular complexity index is 606. The van der Waals surface area contributed by atoms with Crippen molar-refractivity contribution in [2.45, 2.75) is 0 Å². The standard InChI is InChI=1S/C10H7BBrN3/c11-9-1-7-5(3-13-9)6-4-14-10(12)2-8(6)15-7/h1-4,15H,11H2. The average molecular weight is 260 g/mol. The fourth-order valence-corrected chi connectivity index (χ4v) is 2.10. The molecule has 15 heavy (non-hydrogen) atoms. The number of hydrogen-bond donors (Lipinski definition) is 1. The van der Waals surface area contributed by atoms with Crippen molar-refractivity contribution in [2.24, 2.45) is 0 Å². The highest BCUT2D eigenvalue weighted by Crippen LogP contribution is 2.24. The van der Waals surface area contributed by atoms with E-state index in [9.17, 15) is 0 Å². The second kappa shape index (κ2) is 3.07. The Morgan fingerprint density at radius 3 is 2.53 bits per heavy atom. The van der Waals surface area contributed by atoms with Crippen LogP contribution in [0.1, 0.15) is 0 Å². The minimum atomic E-state index is 0.839. The van der Waals surface area contributed by atoms with Gasteiger partial charge in [0.25, 0.3) is 0 Å². The summed E-state index contributed by atoms with van der Waals surface area (Å²) in [6, 6.07) is 4.02. The molecule has 0 spiro atoms. The molecule has 0 aliphatic heterocycles. The van der Waals surface area contributed by atoms with Gasteiger partial charge in [-0.25, -0.2) is 4.98 Å². The van der Waals surface area contributed by atoms with Crippen LogP contribution in [-0.4, -0.2) is 22.8 Å². The van der Waals surface area contributed by atoms with Gasteiger partial charge in [-0.05, 0) is 33.7 Å². The number of aromatic amines is 1. The first-order valence-corrected chi connectivity index (χ1v) is 5.43. The monoisotopic (exact) mass is 259 g/mol. The summed E-state index contributed by atoms with van der Waals surface area (Å²) in [7, 11) is 1.99. The Balaban J connectivity index is 2.51. The van der Waals surface area contributed by atoms with Crippen LogP contribution in [0, 0.1) is 0 Å². The molecule has 0 fully saturated rings. The number of nitrogens with one attached hydrogen (secondary N) is 1. The zero-order chi connectivity index (χ0) is 10.4. The first-order chi connectivity index (χ1) is 7.24. The maximum absolute atomic E-state index is 4.29. The maximum atomic E-state index is 4.29. The molecule has 0 saturated carbocycles. The number of nitrogens with zero attached hydrogens (tertiary/aromatic N) is 2. The van der Waals surface area contributed by atoms with Crippen molar-refractivity contribution < 1.29 is 0 Å². The molecule has 0 amide bonds. The third-order valence-electron chi connectivity index (χ3n) is 2.47. The molecule has 3 aromatic heterocycles. The molecule has 0 unspecified atom stereocenters. The van der Waals surface area contributed by atoms with Crippen LogP contribution in [0.25, 0.3) is 21.8 Å². The Morgan fingerprint density at radius 2 is 1.73 bits per heavy atom. The highest BCUT2D eigenvalue weighted by atomic mass is 79.9. The molecule has 0 aliphatic rings. The van der Waals surface area contributed by atoms with E-state index in [1.165, 1.54) is 0 Å². The topological polar surface area (TPSA) is 41.6 Å². The second-order valence-corrected chi connectivity index (χ2v) is 4.36. The third kappa shape index (κ3) is 1.34. The fraction of sp³-hybridized carbons (Fsp3) is 0. The van der Waals surface area contributed by atoms with Gasteiger partial charge < -0.3 is 4.98 Å². The van der Waals surface area contributed by atoms with Gasteiger partial charge in [-0.1, -0.05) is 0 Å². The van der Waals surface area contributed by atoms with Crippen LogP contribution < -0.4 is 5.59 Å². The SMILES string of the molecule is Bc1cc2[nH]c3cc(Br)ncc3c2cn1. The van der Waals surface area contributed by atoms with Crippen molar-refractivity contribution in [1.82, 2.24) is 15.0 Å². The number of fused-ring (bicyclic) bond motifs is 3. The van der Waals surface area contributed by atoms with Crippen molar-refractivity contribution in [2.75, 3.05) is 0 Å². The molecule has 3 nitrogen and oxygen atoms in total. The molecule has 0 saturated heterocycles. The molecule has 72 valence electrons. The van der Waals surface area contributed by atoms with E-state index in [0.29, 0.717) is 0 Å². The maximum Gasteiger partial charge on any atom is 0.164 e. The second-order valence-electron chi connectivity index (χ2n) is 3.55. The van der Waals surface area contributed by atoms with Crippen LogP contribution in [-0.2, 0) is 0 Å². The highest BCUT2D eigenvalue weighted by Gasteiger charge is 2.05. The van der Waals surface area contributed by atoms with Crippen LogP contribution in [0.15, 0.2) is 29.1 Å². The molecule has 0 aliphatic carbocycles. The van der Waals surface area contributed by atoms with Crippen molar-refractivity contribution >= 4 is 51.2 Å². The van der Waals surface area contributed by atoms with Gasteiger partial charge in [0.05, 0.1) is 5.52 Å². The number of hydrogen-bond acceptors (Lipinski definition) is 2. The van der Waals surface area contributed by atoms with E-state index in [1.54, 1.807) is 0 Å². The van der Waals surface area contributed by atoms with Gasteiger partial charge in [0.1, 0.15) is 4.60 Å². The fourth-order valence-electron chi connectivity index (χ4n) is 1.77. The third-order valence-corrected chi connectivity index (χ3v) is 2.90. The lowest BCUT2D eigenvalue weighted by Crippen LogP contribution is -2.05. The summed E-state index contributed by atoms with van der Waals surface area (Å²) >= 11 is 3.36. The molecule has 3 aromatic rings. The van der Waals surface area contributed by atoms with E-state index in [4.69, 9.17) is 0 Å². The Labute approximate surface area is 95.5 Å². The van der Waals surface area contributed by atoms with Crippen LogP contribution in [0.3, 0.4) is 0 Å². The lowest BCUT2D eigenvalue weighted by Gasteiger charge is -1.92. The average Bonchev–Trinajstić information content (AvgIpc) is 2.53. The van der Waals surface area contributed by atoms with Crippen molar-refractivity contribution in [3.8, 4) is 0 Å². The van der Waals surface area contributed by atoms with Crippen LogP contribution in [0.4, 0.5) is 0 Å². The number of halogens is 1. The predicted octanol–water partition coefficient (Wildman–Crippen LogP) is 1.13. The molecule has 5 heteroatoms. The summed E-state index contributed by atoms with van der Waals surface area (Å²) in [4.78, 5) is 11.9. The molecule has 3 heterocycles. The molecule has 0 atom stereocenters. The first-order valence-electron chi connectivity index (χ1n) is 4.63. The van der Waals surface area contributed by atoms with Crippen molar-refractivity contribution in [3.63, 3.8) is 0 Å². The Hall–Kier alpha value is -1.36. The van der Waals surface area contributed by atoms with Gasteiger partial charge in [-0.2, -0.15) is 0 Å². The van der Waals surface area contributed by atoms with Crippen molar-refractivity contribution in [3.05, 3.63) is 29.1 Å². The van der Waals surface area contributed by atoms with Crippen LogP contribution in [0.2, 0.25) is 0 Å². The Kier molecular flexibility index (Phi) is 1.82. The largest absolute Gasteiger partial charge is 0.354 e. The van der Waals surface area contributed by atoms with E-state index >= 15 is 0 Å². The summed E-state index contributed by atoms with van der Waals surface area (Å²) in [6.45, 7) is 0. The predicted molar refractivity (Wildman–Crippen MR) is 67.3 cm³/mol. The summed E-state index contributed by atoms with van der Waals surface area (Å²) in [6.07, 6.45) is 3.74. The zero-order valence-corrected chi connectivity index (χ0v) is 9.67. The molecule has 0 radical (unpaired) electrons. The molecule has 0 aromatic carbocycles. The minimum absolute atomic E-state index is 0.839. The van der Waals surface area contributed by atoms with E-state index < -0.39 is 0 Å². The normalized spacial score (nSPS) is 11.3. The molecular formula is C10H7BBrN3. The Morgan fingerprint density at radius 1 is 1.07 bits per heavy atom. The van der Waals surface area contributed by atoms with E-state index in [2.05, 4.69) is 30.9 Å². The summed E-state index contributed by atoms with van der Waals surface area (Å²) < 4.78 is 0.839. The van der Waals surface area contributed by atoms with E-state index in [-0.39, 0.29) is 0 Å². The molecule has 1 N–H and O–H groups in total. The number of rotatable bonds is 0. The molecule has 3 rings (SSSR count). The van der Waals surface area contributed by atoms with E-state index in [0.717, 1.165) is 32.0 Å². The lowest BCUT2D eigenvalue weighted by atomic mass is 10.0. The van der Waals surface area contributed by atoms with Crippen molar-refractivity contribution in [1.29, 1.82) is 0 Å². The number of H-pyrrole nitrogens is 1. The van der Waals surface area contributed by atoms with Crippen LogP contribution in [0.5, 0.6) is 0 Å². The molecule has 0 bridgehead atoms. The lowest BCUT2D eigenvalue weighted by molar-refractivity contribution is 1.30. The highest BCUT2D eigenvalue weighted by molar-refractivity contribution is 9.10. The summed E-state index contributed by atoms with van der Waals surface area (Å²) in [5.74, 6) is 0. The van der Waals surface area contributed by atoms with Gasteiger partial charge in [0.2, 0.25) is 0 Å². The number of aromatic nitrogens is 3. The van der Waals surface area contributed by atoms with Gasteiger partial charge >= 0.3 is 0 Å². The van der Waals surface area contributed by atoms with E-state index in [1.807, 2.05) is 32.4 Å². The zero-order valence-electron chi connectivity index (χ0n) is 8.08. The van der Waals surface area contributed by atoms with Gasteiger partial charge in [0, 0.05) is 28.7 Å². The van der Waals surface area contributed by atoms with Crippen LogP contribution >= 0.6 is 15.9 Å². The minimum Gasteiger partial charge on any atom is -0.354 e.